The van der Waals surface area contributed by atoms with Gasteiger partial charge in [-0.05, 0) is 42.5 Å². The summed E-state index contributed by atoms with van der Waals surface area (Å²) in [4.78, 5) is 17.7. The van der Waals surface area contributed by atoms with E-state index in [2.05, 4.69) is 22.4 Å². The normalized spacial score (nSPS) is 14.8. The first-order valence-electron chi connectivity index (χ1n) is 8.74. The molecule has 1 atom stereocenters. The molecule has 1 unspecified atom stereocenters. The Morgan fingerprint density at radius 1 is 1.32 bits per heavy atom. The van der Waals surface area contributed by atoms with Crippen LogP contribution in [0.4, 0.5) is 0 Å². The molecule has 132 valence electrons. The second kappa shape index (κ2) is 8.90. The van der Waals surface area contributed by atoms with Crippen LogP contribution < -0.4 is 10.1 Å². The molecule has 1 N–H and O–H groups in total. The van der Waals surface area contributed by atoms with Gasteiger partial charge in [0, 0.05) is 35.4 Å². The van der Waals surface area contributed by atoms with Gasteiger partial charge in [-0.25, -0.2) is 4.98 Å². The van der Waals surface area contributed by atoms with E-state index >= 15 is 0 Å². The minimum Gasteiger partial charge on any atom is -0.477 e. The van der Waals surface area contributed by atoms with Crippen molar-refractivity contribution < 1.29 is 9.53 Å². The van der Waals surface area contributed by atoms with Crippen molar-refractivity contribution in [1.82, 2.24) is 10.3 Å². The molecule has 0 bridgehead atoms. The Kier molecular flexibility index (Phi) is 6.34. The fraction of sp³-hybridized carbons (Fsp3) is 0.400. The van der Waals surface area contributed by atoms with Crippen LogP contribution in [0, 0.1) is 11.8 Å². The molecule has 1 saturated carbocycles. The molecule has 4 nitrogen and oxygen atoms in total. The van der Waals surface area contributed by atoms with E-state index in [9.17, 15) is 4.79 Å². The fourth-order valence-electron chi connectivity index (χ4n) is 2.30. The highest BCUT2D eigenvalue weighted by Gasteiger charge is 2.22. The summed E-state index contributed by atoms with van der Waals surface area (Å²) < 4.78 is 5.69. The Morgan fingerprint density at radius 3 is 2.88 bits per heavy atom. The van der Waals surface area contributed by atoms with Gasteiger partial charge >= 0.3 is 0 Å². The maximum absolute atomic E-state index is 12.3. The number of aromatic nitrogens is 1. The number of nitrogens with one attached hydrogen (secondary N) is 1. The number of carbonyl (C=O) groups is 1. The number of benzene rings is 1. The SMILES string of the molecule is CC(CSc1ccccc1)C(=O)NCc1ccnc(OCC2CC2)c1. The quantitative estimate of drug-likeness (QED) is 0.692. The number of nitrogens with zero attached hydrogens (tertiary/aromatic N) is 1. The molecular formula is C20H24N2O2S. The zero-order valence-corrected chi connectivity index (χ0v) is 15.3. The number of hydrogen-bond acceptors (Lipinski definition) is 4. The monoisotopic (exact) mass is 356 g/mol. The molecule has 1 aromatic carbocycles. The summed E-state index contributed by atoms with van der Waals surface area (Å²) in [6.07, 6.45) is 4.25. The van der Waals surface area contributed by atoms with Crippen molar-refractivity contribution in [3.8, 4) is 5.88 Å². The van der Waals surface area contributed by atoms with Gasteiger partial charge < -0.3 is 10.1 Å². The van der Waals surface area contributed by atoms with Gasteiger partial charge in [-0.15, -0.1) is 11.8 Å². The number of ether oxygens (including phenoxy) is 1. The molecule has 25 heavy (non-hydrogen) atoms. The van der Waals surface area contributed by atoms with Crippen LogP contribution in [-0.2, 0) is 11.3 Å². The van der Waals surface area contributed by atoms with Crippen molar-refractivity contribution in [2.24, 2.45) is 11.8 Å². The van der Waals surface area contributed by atoms with Crippen molar-refractivity contribution in [2.45, 2.75) is 31.2 Å². The zero-order valence-electron chi connectivity index (χ0n) is 14.5. The summed E-state index contributed by atoms with van der Waals surface area (Å²) in [6, 6.07) is 14.0. The molecule has 2 aromatic rings. The van der Waals surface area contributed by atoms with Crippen molar-refractivity contribution in [3.63, 3.8) is 0 Å². The number of hydrogen-bond donors (Lipinski definition) is 1. The first-order valence-corrected chi connectivity index (χ1v) is 9.72. The lowest BCUT2D eigenvalue weighted by Gasteiger charge is -2.12. The Labute approximate surface area is 153 Å². The van der Waals surface area contributed by atoms with E-state index in [1.54, 1.807) is 18.0 Å². The van der Waals surface area contributed by atoms with Crippen LogP contribution in [0.15, 0.2) is 53.6 Å². The van der Waals surface area contributed by atoms with Gasteiger partial charge in [-0.3, -0.25) is 4.79 Å². The first kappa shape index (κ1) is 17.8. The molecule has 0 spiro atoms. The second-order valence-corrected chi connectivity index (χ2v) is 7.59. The standard InChI is InChI=1S/C20H24N2O2S/c1-15(14-25-18-5-3-2-4-6-18)20(23)22-12-17-9-10-21-19(11-17)24-13-16-7-8-16/h2-6,9-11,15-16H,7-8,12-14H2,1H3,(H,22,23). The Balaban J connectivity index is 1.42. The summed E-state index contributed by atoms with van der Waals surface area (Å²) in [5, 5.41) is 3.00. The average Bonchev–Trinajstić information content (AvgIpc) is 3.48. The van der Waals surface area contributed by atoms with Crippen LogP contribution in [0.5, 0.6) is 5.88 Å². The van der Waals surface area contributed by atoms with Crippen LogP contribution in [-0.4, -0.2) is 23.3 Å². The maximum Gasteiger partial charge on any atom is 0.223 e. The van der Waals surface area contributed by atoms with Crippen molar-refractivity contribution >= 4 is 17.7 Å². The highest BCUT2D eigenvalue weighted by Crippen LogP contribution is 2.29. The molecule has 1 heterocycles. The van der Waals surface area contributed by atoms with E-state index in [0.717, 1.165) is 17.9 Å². The van der Waals surface area contributed by atoms with Crippen LogP contribution in [0.3, 0.4) is 0 Å². The summed E-state index contributed by atoms with van der Waals surface area (Å²) in [5.41, 5.74) is 1.01. The van der Waals surface area contributed by atoms with Crippen molar-refractivity contribution in [3.05, 3.63) is 54.2 Å². The van der Waals surface area contributed by atoms with Gasteiger partial charge in [0.05, 0.1) is 6.61 Å². The highest BCUT2D eigenvalue weighted by atomic mass is 32.2. The fourth-order valence-corrected chi connectivity index (χ4v) is 3.25. The molecule has 1 aliphatic rings. The van der Waals surface area contributed by atoms with E-state index in [1.807, 2.05) is 37.3 Å². The number of amides is 1. The van der Waals surface area contributed by atoms with E-state index in [4.69, 9.17) is 4.74 Å². The van der Waals surface area contributed by atoms with E-state index in [0.29, 0.717) is 18.3 Å². The van der Waals surface area contributed by atoms with E-state index in [-0.39, 0.29) is 11.8 Å². The zero-order chi connectivity index (χ0) is 17.5. The highest BCUT2D eigenvalue weighted by molar-refractivity contribution is 7.99. The largest absolute Gasteiger partial charge is 0.477 e. The number of pyridine rings is 1. The van der Waals surface area contributed by atoms with Crippen LogP contribution in [0.2, 0.25) is 0 Å². The molecule has 0 aliphatic heterocycles. The van der Waals surface area contributed by atoms with Gasteiger partial charge in [-0.1, -0.05) is 25.1 Å². The minimum absolute atomic E-state index is 0.0439. The molecular weight excluding hydrogens is 332 g/mol. The topological polar surface area (TPSA) is 51.2 Å². The molecule has 1 aromatic heterocycles. The molecule has 3 rings (SSSR count). The molecule has 1 amide bonds. The summed E-state index contributed by atoms with van der Waals surface area (Å²) in [6.45, 7) is 3.21. The Morgan fingerprint density at radius 2 is 2.12 bits per heavy atom. The molecule has 0 saturated heterocycles. The smallest absolute Gasteiger partial charge is 0.223 e. The van der Waals surface area contributed by atoms with Crippen molar-refractivity contribution in [1.29, 1.82) is 0 Å². The molecule has 1 fully saturated rings. The molecule has 0 radical (unpaired) electrons. The molecule has 5 heteroatoms. The number of rotatable bonds is 9. The predicted octanol–water partition coefficient (Wildman–Crippen LogP) is 3.92. The Bertz CT molecular complexity index is 689. The predicted molar refractivity (Wildman–Crippen MR) is 101 cm³/mol. The minimum atomic E-state index is -0.0439. The van der Waals surface area contributed by atoms with Gasteiger partial charge in [0.2, 0.25) is 11.8 Å². The lowest BCUT2D eigenvalue weighted by atomic mass is 10.2. The van der Waals surface area contributed by atoms with Crippen LogP contribution >= 0.6 is 11.8 Å². The summed E-state index contributed by atoms with van der Waals surface area (Å²) in [5.74, 6) is 2.14. The van der Waals surface area contributed by atoms with Crippen LogP contribution in [0.25, 0.3) is 0 Å². The van der Waals surface area contributed by atoms with E-state index in [1.165, 1.54) is 17.7 Å². The lowest BCUT2D eigenvalue weighted by Crippen LogP contribution is -2.29. The third kappa shape index (κ3) is 6.09. The number of thioether (sulfide) groups is 1. The van der Waals surface area contributed by atoms with Gasteiger partial charge in [-0.2, -0.15) is 0 Å². The summed E-state index contributed by atoms with van der Waals surface area (Å²) in [7, 11) is 0. The third-order valence-corrected chi connectivity index (χ3v) is 5.39. The number of carbonyl (C=O) groups excluding carboxylic acids is 1. The van der Waals surface area contributed by atoms with Gasteiger partial charge in [0.15, 0.2) is 0 Å². The molecule has 1 aliphatic carbocycles. The van der Waals surface area contributed by atoms with Gasteiger partial charge in [0.25, 0.3) is 0 Å². The Hall–Kier alpha value is -2.01. The van der Waals surface area contributed by atoms with Crippen LogP contribution in [0.1, 0.15) is 25.3 Å². The average molecular weight is 356 g/mol. The van der Waals surface area contributed by atoms with E-state index < -0.39 is 0 Å². The van der Waals surface area contributed by atoms with Gasteiger partial charge in [0.1, 0.15) is 0 Å². The maximum atomic E-state index is 12.3. The third-order valence-electron chi connectivity index (χ3n) is 4.12. The first-order chi connectivity index (χ1) is 12.2. The lowest BCUT2D eigenvalue weighted by molar-refractivity contribution is -0.124. The second-order valence-electron chi connectivity index (χ2n) is 6.50. The van der Waals surface area contributed by atoms with Crippen molar-refractivity contribution in [2.75, 3.05) is 12.4 Å². The summed E-state index contributed by atoms with van der Waals surface area (Å²) >= 11 is 1.71.